The maximum Gasteiger partial charge on any atom is 0.0867 e. The van der Waals surface area contributed by atoms with Gasteiger partial charge in [0.05, 0.1) is 11.4 Å². The van der Waals surface area contributed by atoms with Gasteiger partial charge in [-0.15, -0.1) is 11.6 Å². The van der Waals surface area contributed by atoms with E-state index in [0.29, 0.717) is 5.88 Å². The van der Waals surface area contributed by atoms with E-state index >= 15 is 0 Å². The number of alkyl halides is 1. The minimum Gasteiger partial charge on any atom is -0.283 e. The topological polar surface area (TPSA) is 23.5 Å². The second-order valence-corrected chi connectivity index (χ2v) is 6.02. The Labute approximate surface area is 122 Å². The normalized spacial score (nSPS) is 14.8. The van der Waals surface area contributed by atoms with Gasteiger partial charge in [0.25, 0.3) is 0 Å². The SMILES string of the molecule is CC(CCl)c1cccc2c1N(O)c1ccccc1S2. The molecule has 3 rings (SSSR count). The standard InChI is InChI=1S/C15H14ClNOS/c1-10(9-16)11-5-4-8-14-15(11)17(18)12-6-2-3-7-13(12)19-14/h2-8,10,18H,9H2,1H3. The van der Waals surface area contributed by atoms with Gasteiger partial charge in [-0.25, -0.2) is 5.06 Å². The molecule has 1 unspecified atom stereocenters. The number of halogens is 1. The molecule has 0 fully saturated rings. The largest absolute Gasteiger partial charge is 0.283 e. The van der Waals surface area contributed by atoms with Gasteiger partial charge >= 0.3 is 0 Å². The molecule has 1 atom stereocenters. The fraction of sp³-hybridized carbons (Fsp3) is 0.200. The zero-order valence-corrected chi connectivity index (χ0v) is 12.1. The third-order valence-electron chi connectivity index (χ3n) is 3.32. The molecule has 0 saturated carbocycles. The van der Waals surface area contributed by atoms with Gasteiger partial charge in [-0.1, -0.05) is 43.0 Å². The van der Waals surface area contributed by atoms with Crippen LogP contribution in [0.1, 0.15) is 18.4 Å². The van der Waals surface area contributed by atoms with Crippen molar-refractivity contribution in [3.05, 3.63) is 48.0 Å². The van der Waals surface area contributed by atoms with Crippen LogP contribution in [0.5, 0.6) is 0 Å². The van der Waals surface area contributed by atoms with E-state index in [9.17, 15) is 5.21 Å². The molecule has 0 aliphatic carbocycles. The second-order valence-electron chi connectivity index (χ2n) is 4.63. The number of fused-ring (bicyclic) bond motifs is 2. The zero-order chi connectivity index (χ0) is 13.4. The molecule has 1 aliphatic heterocycles. The lowest BCUT2D eigenvalue weighted by molar-refractivity contribution is 0.295. The Hall–Kier alpha value is -1.16. The van der Waals surface area contributed by atoms with Crippen molar-refractivity contribution in [1.29, 1.82) is 0 Å². The Bertz CT molecular complexity index is 617. The Balaban J connectivity index is 2.16. The number of para-hydroxylation sites is 2. The molecule has 2 aromatic rings. The lowest BCUT2D eigenvalue weighted by atomic mass is 10.0. The second kappa shape index (κ2) is 5.08. The third-order valence-corrected chi connectivity index (χ3v) is 4.90. The number of hydrogen-bond donors (Lipinski definition) is 1. The molecule has 98 valence electrons. The van der Waals surface area contributed by atoms with Gasteiger partial charge < -0.3 is 0 Å². The first-order valence-electron chi connectivity index (χ1n) is 6.17. The Morgan fingerprint density at radius 1 is 1.16 bits per heavy atom. The Morgan fingerprint density at radius 2 is 1.89 bits per heavy atom. The van der Waals surface area contributed by atoms with Crippen LogP contribution in [0.25, 0.3) is 0 Å². The molecule has 19 heavy (non-hydrogen) atoms. The molecule has 4 heteroatoms. The van der Waals surface area contributed by atoms with Crippen molar-refractivity contribution in [3.8, 4) is 0 Å². The highest BCUT2D eigenvalue weighted by molar-refractivity contribution is 7.99. The van der Waals surface area contributed by atoms with E-state index in [0.717, 1.165) is 26.7 Å². The van der Waals surface area contributed by atoms with Crippen LogP contribution >= 0.6 is 23.4 Å². The monoisotopic (exact) mass is 291 g/mol. The molecule has 2 nitrogen and oxygen atoms in total. The molecule has 1 aliphatic rings. The van der Waals surface area contributed by atoms with Gasteiger partial charge in [0.15, 0.2) is 0 Å². The van der Waals surface area contributed by atoms with Crippen molar-refractivity contribution >= 4 is 34.7 Å². The maximum absolute atomic E-state index is 10.5. The Kier molecular flexibility index (Phi) is 3.44. The van der Waals surface area contributed by atoms with E-state index in [1.807, 2.05) is 42.5 Å². The highest BCUT2D eigenvalue weighted by Crippen LogP contribution is 2.49. The van der Waals surface area contributed by atoms with Gasteiger partial charge in [-0.05, 0) is 29.7 Å². The molecule has 0 radical (unpaired) electrons. The smallest absolute Gasteiger partial charge is 0.0867 e. The first-order valence-corrected chi connectivity index (χ1v) is 7.52. The average molecular weight is 292 g/mol. The maximum atomic E-state index is 10.5. The van der Waals surface area contributed by atoms with Gasteiger partial charge in [0.2, 0.25) is 0 Å². The summed E-state index contributed by atoms with van der Waals surface area (Å²) in [5, 5.41) is 11.8. The first kappa shape index (κ1) is 12.9. The molecular weight excluding hydrogens is 278 g/mol. The average Bonchev–Trinajstić information content (AvgIpc) is 2.46. The molecular formula is C15H14ClNOS. The van der Waals surface area contributed by atoms with Crippen molar-refractivity contribution in [1.82, 2.24) is 0 Å². The summed E-state index contributed by atoms with van der Waals surface area (Å²) in [7, 11) is 0. The van der Waals surface area contributed by atoms with E-state index in [1.165, 1.54) is 5.06 Å². The summed E-state index contributed by atoms with van der Waals surface area (Å²) >= 11 is 7.65. The van der Waals surface area contributed by atoms with Crippen molar-refractivity contribution < 1.29 is 5.21 Å². The summed E-state index contributed by atoms with van der Waals surface area (Å²) in [6.07, 6.45) is 0. The van der Waals surface area contributed by atoms with Crippen LogP contribution in [0, 0.1) is 0 Å². The molecule has 0 amide bonds. The zero-order valence-electron chi connectivity index (χ0n) is 10.5. The summed E-state index contributed by atoms with van der Waals surface area (Å²) in [5.74, 6) is 0.744. The predicted octanol–water partition coefficient (Wildman–Crippen LogP) is 5.02. The van der Waals surface area contributed by atoms with Crippen LogP contribution in [0.3, 0.4) is 0 Å². The van der Waals surface area contributed by atoms with Crippen LogP contribution in [0.15, 0.2) is 52.3 Å². The first-order chi connectivity index (χ1) is 9.22. The fourth-order valence-corrected chi connectivity index (χ4v) is 3.54. The minimum absolute atomic E-state index is 0.206. The lowest BCUT2D eigenvalue weighted by Gasteiger charge is -2.30. The highest BCUT2D eigenvalue weighted by Gasteiger charge is 2.26. The summed E-state index contributed by atoms with van der Waals surface area (Å²) in [6, 6.07) is 13.9. The third kappa shape index (κ3) is 2.12. The molecule has 1 heterocycles. The molecule has 0 bridgehead atoms. The summed E-state index contributed by atoms with van der Waals surface area (Å²) in [4.78, 5) is 2.13. The van der Waals surface area contributed by atoms with Gasteiger partial charge in [-0.3, -0.25) is 5.21 Å². The molecule has 0 spiro atoms. The van der Waals surface area contributed by atoms with Gasteiger partial charge in [0.1, 0.15) is 0 Å². The van der Waals surface area contributed by atoms with Crippen molar-refractivity contribution in [3.63, 3.8) is 0 Å². The number of anilines is 2. The highest BCUT2D eigenvalue weighted by atomic mass is 35.5. The molecule has 2 aromatic carbocycles. The number of benzene rings is 2. The number of nitrogens with zero attached hydrogens (tertiary/aromatic N) is 1. The van der Waals surface area contributed by atoms with Crippen LogP contribution in [0.2, 0.25) is 0 Å². The summed E-state index contributed by atoms with van der Waals surface area (Å²) < 4.78 is 0. The number of hydrogen-bond acceptors (Lipinski definition) is 3. The summed E-state index contributed by atoms with van der Waals surface area (Å²) in [6.45, 7) is 2.07. The van der Waals surface area contributed by atoms with Crippen LogP contribution in [0.4, 0.5) is 11.4 Å². The van der Waals surface area contributed by atoms with Crippen LogP contribution in [-0.4, -0.2) is 11.1 Å². The Morgan fingerprint density at radius 3 is 2.68 bits per heavy atom. The number of rotatable bonds is 2. The molecule has 0 aromatic heterocycles. The van der Waals surface area contributed by atoms with Crippen molar-refractivity contribution in [2.24, 2.45) is 0 Å². The lowest BCUT2D eigenvalue weighted by Crippen LogP contribution is -2.18. The van der Waals surface area contributed by atoms with E-state index < -0.39 is 0 Å². The van der Waals surface area contributed by atoms with Gasteiger partial charge in [0, 0.05) is 15.7 Å². The van der Waals surface area contributed by atoms with E-state index in [-0.39, 0.29) is 5.92 Å². The van der Waals surface area contributed by atoms with E-state index in [4.69, 9.17) is 11.6 Å². The van der Waals surface area contributed by atoms with Crippen molar-refractivity contribution in [2.75, 3.05) is 10.9 Å². The fourth-order valence-electron chi connectivity index (χ4n) is 2.29. The van der Waals surface area contributed by atoms with Crippen LogP contribution < -0.4 is 5.06 Å². The molecule has 1 N–H and O–H groups in total. The predicted molar refractivity (Wildman–Crippen MR) is 80.1 cm³/mol. The van der Waals surface area contributed by atoms with E-state index in [2.05, 4.69) is 6.92 Å². The van der Waals surface area contributed by atoms with Crippen molar-refractivity contribution in [2.45, 2.75) is 22.6 Å². The summed E-state index contributed by atoms with van der Waals surface area (Å²) in [5.41, 5.74) is 2.77. The minimum atomic E-state index is 0.206. The van der Waals surface area contributed by atoms with E-state index in [1.54, 1.807) is 11.8 Å². The van der Waals surface area contributed by atoms with Crippen LogP contribution in [-0.2, 0) is 0 Å². The molecule has 0 saturated heterocycles. The quantitative estimate of drug-likeness (QED) is 0.786. The van der Waals surface area contributed by atoms with Gasteiger partial charge in [-0.2, -0.15) is 0 Å².